The number of nitrogens with one attached hydrogen (secondary N) is 1. The lowest BCUT2D eigenvalue weighted by Gasteiger charge is -2.32. The SMILES string of the molecule is CCCN1CCC(Nc2ccc([N+](=O)[O-])cc2Cl)CC1. The van der Waals surface area contributed by atoms with Crippen LogP contribution in [0.2, 0.25) is 5.02 Å². The second kappa shape index (κ2) is 6.90. The van der Waals surface area contributed by atoms with E-state index in [0.29, 0.717) is 11.1 Å². The van der Waals surface area contributed by atoms with Crippen LogP contribution in [0.5, 0.6) is 0 Å². The van der Waals surface area contributed by atoms with E-state index in [-0.39, 0.29) is 5.69 Å². The lowest BCUT2D eigenvalue weighted by atomic mass is 10.0. The number of non-ortho nitro benzene ring substituents is 1. The molecule has 110 valence electrons. The van der Waals surface area contributed by atoms with Crippen molar-refractivity contribution in [3.8, 4) is 0 Å². The van der Waals surface area contributed by atoms with Crippen LogP contribution in [0.4, 0.5) is 11.4 Å². The topological polar surface area (TPSA) is 58.4 Å². The Kier molecular flexibility index (Phi) is 5.20. The van der Waals surface area contributed by atoms with E-state index < -0.39 is 4.92 Å². The number of rotatable bonds is 5. The third kappa shape index (κ3) is 3.84. The van der Waals surface area contributed by atoms with Gasteiger partial charge in [0.2, 0.25) is 0 Å². The first kappa shape index (κ1) is 15.1. The van der Waals surface area contributed by atoms with E-state index in [4.69, 9.17) is 11.6 Å². The summed E-state index contributed by atoms with van der Waals surface area (Å²) in [5, 5.41) is 14.5. The first-order chi connectivity index (χ1) is 9.60. The van der Waals surface area contributed by atoms with E-state index in [1.54, 1.807) is 6.07 Å². The molecule has 1 aliphatic heterocycles. The smallest absolute Gasteiger partial charge is 0.271 e. The maximum atomic E-state index is 10.7. The van der Waals surface area contributed by atoms with Crippen molar-refractivity contribution >= 4 is 23.0 Å². The number of halogens is 1. The zero-order valence-electron chi connectivity index (χ0n) is 11.6. The Hall–Kier alpha value is -1.33. The Balaban J connectivity index is 1.93. The molecule has 1 aliphatic rings. The Morgan fingerprint density at radius 3 is 2.70 bits per heavy atom. The minimum absolute atomic E-state index is 0.0262. The van der Waals surface area contributed by atoms with Crippen LogP contribution >= 0.6 is 11.6 Å². The Bertz CT molecular complexity index is 473. The first-order valence-electron chi connectivity index (χ1n) is 7.03. The number of hydrogen-bond donors (Lipinski definition) is 1. The number of piperidine rings is 1. The number of likely N-dealkylation sites (tertiary alicyclic amines) is 1. The van der Waals surface area contributed by atoms with E-state index >= 15 is 0 Å². The minimum Gasteiger partial charge on any atom is -0.381 e. The summed E-state index contributed by atoms with van der Waals surface area (Å²) in [4.78, 5) is 12.7. The van der Waals surface area contributed by atoms with Gasteiger partial charge in [0.1, 0.15) is 0 Å². The van der Waals surface area contributed by atoms with Crippen LogP contribution in [0.25, 0.3) is 0 Å². The third-order valence-corrected chi connectivity index (χ3v) is 3.96. The number of hydrogen-bond acceptors (Lipinski definition) is 4. The summed E-state index contributed by atoms with van der Waals surface area (Å²) in [5.74, 6) is 0. The van der Waals surface area contributed by atoms with E-state index in [1.807, 2.05) is 0 Å². The maximum Gasteiger partial charge on any atom is 0.271 e. The molecule has 5 nitrogen and oxygen atoms in total. The maximum absolute atomic E-state index is 10.7. The Morgan fingerprint density at radius 1 is 1.45 bits per heavy atom. The van der Waals surface area contributed by atoms with Crippen molar-refractivity contribution in [1.29, 1.82) is 0 Å². The number of benzene rings is 1. The summed E-state index contributed by atoms with van der Waals surface area (Å²) < 4.78 is 0. The molecule has 0 unspecified atom stereocenters. The van der Waals surface area contributed by atoms with Crippen LogP contribution in [-0.2, 0) is 0 Å². The highest BCUT2D eigenvalue weighted by Gasteiger charge is 2.19. The van der Waals surface area contributed by atoms with Gasteiger partial charge < -0.3 is 10.2 Å². The van der Waals surface area contributed by atoms with Crippen LogP contribution in [0.1, 0.15) is 26.2 Å². The van der Waals surface area contributed by atoms with Gasteiger partial charge in [-0.1, -0.05) is 18.5 Å². The normalized spacial score (nSPS) is 17.1. The lowest BCUT2D eigenvalue weighted by Crippen LogP contribution is -2.39. The fourth-order valence-corrected chi connectivity index (χ4v) is 2.80. The Labute approximate surface area is 124 Å². The molecule has 1 heterocycles. The zero-order chi connectivity index (χ0) is 14.5. The second-order valence-corrected chi connectivity index (χ2v) is 5.59. The van der Waals surface area contributed by atoms with E-state index in [0.717, 1.165) is 38.2 Å². The molecular formula is C14H20ClN3O2. The van der Waals surface area contributed by atoms with Gasteiger partial charge in [0.15, 0.2) is 0 Å². The molecule has 20 heavy (non-hydrogen) atoms. The minimum atomic E-state index is -0.432. The fourth-order valence-electron chi connectivity index (χ4n) is 2.57. The molecule has 1 aromatic carbocycles. The van der Waals surface area contributed by atoms with Crippen LogP contribution in [0.3, 0.4) is 0 Å². The van der Waals surface area contributed by atoms with Crippen molar-refractivity contribution < 1.29 is 4.92 Å². The van der Waals surface area contributed by atoms with Crippen molar-refractivity contribution in [1.82, 2.24) is 4.90 Å². The zero-order valence-corrected chi connectivity index (χ0v) is 12.4. The van der Waals surface area contributed by atoms with Crippen molar-refractivity contribution in [2.45, 2.75) is 32.2 Å². The standard InChI is InChI=1S/C14H20ClN3O2/c1-2-7-17-8-5-11(6-9-17)16-14-4-3-12(18(19)20)10-13(14)15/h3-4,10-11,16H,2,5-9H2,1H3. The van der Waals surface area contributed by atoms with Crippen LogP contribution in [0, 0.1) is 10.1 Å². The van der Waals surface area contributed by atoms with Gasteiger partial charge in [-0.05, 0) is 31.9 Å². The molecule has 1 saturated heterocycles. The van der Waals surface area contributed by atoms with Gasteiger partial charge in [-0.25, -0.2) is 0 Å². The molecule has 0 aliphatic carbocycles. The van der Waals surface area contributed by atoms with Crippen LogP contribution in [-0.4, -0.2) is 35.5 Å². The van der Waals surface area contributed by atoms with Gasteiger partial charge in [0, 0.05) is 31.3 Å². The summed E-state index contributed by atoms with van der Waals surface area (Å²) >= 11 is 6.09. The van der Waals surface area contributed by atoms with E-state index in [2.05, 4.69) is 17.1 Å². The summed E-state index contributed by atoms with van der Waals surface area (Å²) in [6.07, 6.45) is 3.34. The molecule has 1 aromatic rings. The van der Waals surface area contributed by atoms with Crippen molar-refractivity contribution in [2.24, 2.45) is 0 Å². The largest absolute Gasteiger partial charge is 0.381 e. The summed E-state index contributed by atoms with van der Waals surface area (Å²) in [7, 11) is 0. The second-order valence-electron chi connectivity index (χ2n) is 5.18. The van der Waals surface area contributed by atoms with Gasteiger partial charge in [-0.15, -0.1) is 0 Å². The van der Waals surface area contributed by atoms with Gasteiger partial charge in [-0.3, -0.25) is 10.1 Å². The first-order valence-corrected chi connectivity index (χ1v) is 7.40. The fraction of sp³-hybridized carbons (Fsp3) is 0.571. The third-order valence-electron chi connectivity index (χ3n) is 3.65. The highest BCUT2D eigenvalue weighted by atomic mass is 35.5. The van der Waals surface area contributed by atoms with Crippen molar-refractivity contribution in [2.75, 3.05) is 25.0 Å². The van der Waals surface area contributed by atoms with Crippen LogP contribution in [0.15, 0.2) is 18.2 Å². The van der Waals surface area contributed by atoms with Gasteiger partial charge in [0.05, 0.1) is 15.6 Å². The van der Waals surface area contributed by atoms with Gasteiger partial charge in [0.25, 0.3) is 5.69 Å². The van der Waals surface area contributed by atoms with Gasteiger partial charge >= 0.3 is 0 Å². The molecule has 0 spiro atoms. The molecule has 2 rings (SSSR count). The molecule has 1 fully saturated rings. The molecule has 0 saturated carbocycles. The van der Waals surface area contributed by atoms with E-state index in [1.165, 1.54) is 18.6 Å². The molecule has 0 atom stereocenters. The number of anilines is 1. The highest BCUT2D eigenvalue weighted by Crippen LogP contribution is 2.28. The number of nitro groups is 1. The predicted molar refractivity (Wildman–Crippen MR) is 81.5 cm³/mol. The van der Waals surface area contributed by atoms with Crippen LogP contribution < -0.4 is 5.32 Å². The Morgan fingerprint density at radius 2 is 2.15 bits per heavy atom. The predicted octanol–water partition coefficient (Wildman–Crippen LogP) is 3.53. The molecular weight excluding hydrogens is 278 g/mol. The number of nitrogens with zero attached hydrogens (tertiary/aromatic N) is 2. The van der Waals surface area contributed by atoms with Gasteiger partial charge in [-0.2, -0.15) is 0 Å². The monoisotopic (exact) mass is 297 g/mol. The highest BCUT2D eigenvalue weighted by molar-refractivity contribution is 6.33. The number of nitro benzene ring substituents is 1. The lowest BCUT2D eigenvalue weighted by molar-refractivity contribution is -0.384. The molecule has 0 bridgehead atoms. The average Bonchev–Trinajstić information content (AvgIpc) is 2.43. The van der Waals surface area contributed by atoms with Crippen molar-refractivity contribution in [3.63, 3.8) is 0 Å². The molecule has 1 N–H and O–H groups in total. The average molecular weight is 298 g/mol. The molecule has 6 heteroatoms. The summed E-state index contributed by atoms with van der Waals surface area (Å²) in [6, 6.07) is 4.97. The summed E-state index contributed by atoms with van der Waals surface area (Å²) in [6.45, 7) is 5.54. The summed E-state index contributed by atoms with van der Waals surface area (Å²) in [5.41, 5.74) is 0.810. The van der Waals surface area contributed by atoms with Crippen molar-refractivity contribution in [3.05, 3.63) is 33.3 Å². The van der Waals surface area contributed by atoms with E-state index in [9.17, 15) is 10.1 Å². The quantitative estimate of drug-likeness (QED) is 0.667. The molecule has 0 radical (unpaired) electrons. The molecule has 0 amide bonds. The molecule has 0 aromatic heterocycles.